The van der Waals surface area contributed by atoms with Crippen LogP contribution in [0.1, 0.15) is 28.4 Å². The molecule has 0 bridgehead atoms. The Morgan fingerprint density at radius 3 is 2.45 bits per heavy atom. The molecule has 0 heterocycles. The van der Waals surface area contributed by atoms with E-state index in [0.717, 1.165) is 16.7 Å². The SMILES string of the molecule is Cc1cc(C)c(C(O)Cc2ccc(Cl)cc2Cl)c(F)c1. The minimum Gasteiger partial charge on any atom is -0.388 e. The minimum atomic E-state index is -0.936. The van der Waals surface area contributed by atoms with Crippen LogP contribution in [-0.4, -0.2) is 5.11 Å². The summed E-state index contributed by atoms with van der Waals surface area (Å²) in [5.41, 5.74) is 2.63. The summed E-state index contributed by atoms with van der Waals surface area (Å²) in [6.45, 7) is 3.61. The highest BCUT2D eigenvalue weighted by Crippen LogP contribution is 2.29. The van der Waals surface area contributed by atoms with E-state index in [2.05, 4.69) is 0 Å². The first-order valence-corrected chi connectivity index (χ1v) is 7.02. The van der Waals surface area contributed by atoms with Gasteiger partial charge in [-0.05, 0) is 48.7 Å². The second-order valence-corrected chi connectivity index (χ2v) is 5.78. The Balaban J connectivity index is 2.31. The normalized spacial score (nSPS) is 12.5. The van der Waals surface area contributed by atoms with E-state index in [0.29, 0.717) is 15.6 Å². The predicted octanol–water partition coefficient (Wildman–Crippen LogP) is 5.03. The van der Waals surface area contributed by atoms with Crippen molar-refractivity contribution in [3.8, 4) is 0 Å². The lowest BCUT2D eigenvalue weighted by atomic mass is 9.96. The van der Waals surface area contributed by atoms with Crippen LogP contribution in [0.5, 0.6) is 0 Å². The van der Waals surface area contributed by atoms with Crippen LogP contribution in [0.4, 0.5) is 4.39 Å². The van der Waals surface area contributed by atoms with Crippen LogP contribution < -0.4 is 0 Å². The van der Waals surface area contributed by atoms with Gasteiger partial charge < -0.3 is 5.11 Å². The van der Waals surface area contributed by atoms with E-state index >= 15 is 0 Å². The third-order valence-corrected chi connectivity index (χ3v) is 3.83. The van der Waals surface area contributed by atoms with Gasteiger partial charge in [0.15, 0.2) is 0 Å². The highest BCUT2D eigenvalue weighted by Gasteiger charge is 2.18. The van der Waals surface area contributed by atoms with E-state index in [4.69, 9.17) is 23.2 Å². The van der Waals surface area contributed by atoms with Crippen LogP contribution >= 0.6 is 23.2 Å². The lowest BCUT2D eigenvalue weighted by Gasteiger charge is -2.16. The van der Waals surface area contributed by atoms with Gasteiger partial charge in [0.25, 0.3) is 0 Å². The average molecular weight is 313 g/mol. The van der Waals surface area contributed by atoms with Crippen molar-refractivity contribution in [1.82, 2.24) is 0 Å². The molecular weight excluding hydrogens is 298 g/mol. The number of hydrogen-bond donors (Lipinski definition) is 1. The molecule has 1 nitrogen and oxygen atoms in total. The maximum atomic E-state index is 14.0. The van der Waals surface area contributed by atoms with Gasteiger partial charge in [-0.2, -0.15) is 0 Å². The number of aliphatic hydroxyl groups is 1. The fourth-order valence-electron chi connectivity index (χ4n) is 2.35. The molecule has 0 aliphatic carbocycles. The molecule has 2 aromatic rings. The Morgan fingerprint density at radius 2 is 1.85 bits per heavy atom. The molecule has 106 valence electrons. The molecule has 2 rings (SSSR count). The Kier molecular flexibility index (Phi) is 4.69. The first-order valence-electron chi connectivity index (χ1n) is 6.27. The molecule has 0 aliphatic heterocycles. The highest BCUT2D eigenvalue weighted by atomic mass is 35.5. The molecule has 1 unspecified atom stereocenters. The van der Waals surface area contributed by atoms with Crippen LogP contribution in [-0.2, 0) is 6.42 Å². The number of hydrogen-bond acceptors (Lipinski definition) is 1. The monoisotopic (exact) mass is 312 g/mol. The summed E-state index contributed by atoms with van der Waals surface area (Å²) in [4.78, 5) is 0. The molecule has 0 spiro atoms. The maximum Gasteiger partial charge on any atom is 0.129 e. The maximum absolute atomic E-state index is 14.0. The number of benzene rings is 2. The molecule has 0 saturated carbocycles. The molecular formula is C16H15Cl2FO. The second kappa shape index (κ2) is 6.13. The summed E-state index contributed by atoms with van der Waals surface area (Å²) < 4.78 is 14.0. The van der Waals surface area contributed by atoms with Crippen molar-refractivity contribution in [2.45, 2.75) is 26.4 Å². The van der Waals surface area contributed by atoms with Gasteiger partial charge in [0.1, 0.15) is 5.82 Å². The largest absolute Gasteiger partial charge is 0.388 e. The molecule has 0 aliphatic rings. The molecule has 0 radical (unpaired) electrons. The van der Waals surface area contributed by atoms with Crippen LogP contribution in [0, 0.1) is 19.7 Å². The molecule has 0 amide bonds. The lowest BCUT2D eigenvalue weighted by Crippen LogP contribution is -2.07. The zero-order chi connectivity index (χ0) is 14.9. The molecule has 4 heteroatoms. The fourth-order valence-corrected chi connectivity index (χ4v) is 2.83. The second-order valence-electron chi connectivity index (χ2n) is 4.93. The summed E-state index contributed by atoms with van der Waals surface area (Å²) in [5, 5.41) is 11.3. The fraction of sp³-hybridized carbons (Fsp3) is 0.250. The van der Waals surface area contributed by atoms with Gasteiger partial charge >= 0.3 is 0 Å². The number of aryl methyl sites for hydroxylation is 2. The van der Waals surface area contributed by atoms with E-state index in [1.54, 1.807) is 25.1 Å². The Bertz CT molecular complexity index is 617. The van der Waals surface area contributed by atoms with E-state index in [-0.39, 0.29) is 12.2 Å². The first kappa shape index (κ1) is 15.3. The van der Waals surface area contributed by atoms with Crippen molar-refractivity contribution in [3.05, 3.63) is 68.4 Å². The van der Waals surface area contributed by atoms with Crippen molar-refractivity contribution < 1.29 is 9.50 Å². The third-order valence-electron chi connectivity index (χ3n) is 3.24. The molecule has 0 fully saturated rings. The van der Waals surface area contributed by atoms with Gasteiger partial charge in [-0.3, -0.25) is 0 Å². The molecule has 0 saturated heterocycles. The van der Waals surface area contributed by atoms with Crippen molar-refractivity contribution in [2.75, 3.05) is 0 Å². The molecule has 2 aromatic carbocycles. The van der Waals surface area contributed by atoms with E-state index < -0.39 is 6.10 Å². The standard InChI is InChI=1S/C16H15Cl2FO/c1-9-5-10(2)16(14(19)6-9)15(20)7-11-3-4-12(17)8-13(11)18/h3-6,8,15,20H,7H2,1-2H3. The van der Waals surface area contributed by atoms with Crippen LogP contribution in [0.15, 0.2) is 30.3 Å². The molecule has 1 N–H and O–H groups in total. The van der Waals surface area contributed by atoms with E-state index in [1.807, 2.05) is 13.0 Å². The zero-order valence-corrected chi connectivity index (χ0v) is 12.8. The lowest BCUT2D eigenvalue weighted by molar-refractivity contribution is 0.173. The highest BCUT2D eigenvalue weighted by molar-refractivity contribution is 6.35. The van der Waals surface area contributed by atoms with Gasteiger partial charge in [0.2, 0.25) is 0 Å². The topological polar surface area (TPSA) is 20.2 Å². The number of aliphatic hydroxyl groups excluding tert-OH is 1. The van der Waals surface area contributed by atoms with Gasteiger partial charge in [0, 0.05) is 22.0 Å². The summed E-state index contributed by atoms with van der Waals surface area (Å²) in [5.74, 6) is -0.389. The summed E-state index contributed by atoms with van der Waals surface area (Å²) >= 11 is 11.9. The van der Waals surface area contributed by atoms with E-state index in [9.17, 15) is 9.50 Å². The van der Waals surface area contributed by atoms with Crippen molar-refractivity contribution in [3.63, 3.8) is 0 Å². The zero-order valence-electron chi connectivity index (χ0n) is 11.3. The van der Waals surface area contributed by atoms with Crippen molar-refractivity contribution in [2.24, 2.45) is 0 Å². The Labute approximate surface area is 128 Å². The summed E-state index contributed by atoms with van der Waals surface area (Å²) in [7, 11) is 0. The first-order chi connectivity index (χ1) is 9.38. The Hall–Kier alpha value is -1.09. The average Bonchev–Trinajstić information content (AvgIpc) is 2.31. The van der Waals surface area contributed by atoms with Crippen LogP contribution in [0.3, 0.4) is 0 Å². The number of rotatable bonds is 3. The quantitative estimate of drug-likeness (QED) is 0.843. The van der Waals surface area contributed by atoms with Gasteiger partial charge in [0.05, 0.1) is 6.10 Å². The van der Waals surface area contributed by atoms with Gasteiger partial charge in [-0.15, -0.1) is 0 Å². The minimum absolute atomic E-state index is 0.247. The molecule has 0 aromatic heterocycles. The van der Waals surface area contributed by atoms with Crippen molar-refractivity contribution in [1.29, 1.82) is 0 Å². The third kappa shape index (κ3) is 3.32. The van der Waals surface area contributed by atoms with Crippen LogP contribution in [0.25, 0.3) is 0 Å². The Morgan fingerprint density at radius 1 is 1.15 bits per heavy atom. The van der Waals surface area contributed by atoms with Gasteiger partial charge in [-0.1, -0.05) is 35.3 Å². The number of halogens is 3. The molecule has 20 heavy (non-hydrogen) atoms. The van der Waals surface area contributed by atoms with E-state index in [1.165, 1.54) is 6.07 Å². The predicted molar refractivity (Wildman–Crippen MR) is 81.0 cm³/mol. The molecule has 1 atom stereocenters. The smallest absolute Gasteiger partial charge is 0.129 e. The summed E-state index contributed by atoms with van der Waals surface area (Å²) in [6.07, 6.45) is -0.689. The summed E-state index contributed by atoms with van der Waals surface area (Å²) in [6, 6.07) is 8.34. The van der Waals surface area contributed by atoms with Gasteiger partial charge in [-0.25, -0.2) is 4.39 Å². The van der Waals surface area contributed by atoms with Crippen LogP contribution in [0.2, 0.25) is 10.0 Å². The van der Waals surface area contributed by atoms with Crippen molar-refractivity contribution >= 4 is 23.2 Å².